The van der Waals surface area contributed by atoms with Crippen LogP contribution in [-0.4, -0.2) is 49.4 Å². The number of hydrogen-bond acceptors (Lipinski definition) is 5. The quantitative estimate of drug-likeness (QED) is 0.639. The van der Waals surface area contributed by atoms with Crippen LogP contribution in [0.4, 0.5) is 0 Å². The number of rotatable bonds is 3. The Labute approximate surface area is 134 Å². The average molecular weight is 319 g/mol. The first-order valence-electron chi connectivity index (χ1n) is 7.58. The van der Waals surface area contributed by atoms with Crippen molar-refractivity contribution in [2.75, 3.05) is 18.8 Å². The van der Waals surface area contributed by atoms with Crippen molar-refractivity contribution in [1.82, 2.24) is 24.6 Å². The van der Waals surface area contributed by atoms with Crippen LogP contribution < -0.4 is 0 Å². The molecule has 2 atom stereocenters. The number of fused-ring (bicyclic) bond motifs is 1. The van der Waals surface area contributed by atoms with Gasteiger partial charge >= 0.3 is 0 Å². The SMILES string of the molecule is CC1CC(C)CN(C(=O)CSc2ncnc3c2cnn3C)C1. The lowest BCUT2D eigenvalue weighted by atomic mass is 9.92. The summed E-state index contributed by atoms with van der Waals surface area (Å²) in [5.74, 6) is 1.78. The minimum absolute atomic E-state index is 0.194. The molecule has 0 radical (unpaired) electrons. The summed E-state index contributed by atoms with van der Waals surface area (Å²) in [4.78, 5) is 23.0. The van der Waals surface area contributed by atoms with Gasteiger partial charge in [0.2, 0.25) is 5.91 Å². The molecule has 1 aliphatic heterocycles. The highest BCUT2D eigenvalue weighted by molar-refractivity contribution is 8.00. The molecule has 0 spiro atoms. The third-order valence-electron chi connectivity index (χ3n) is 4.05. The van der Waals surface area contributed by atoms with Crippen molar-refractivity contribution in [3.63, 3.8) is 0 Å². The first kappa shape index (κ1) is 15.3. The van der Waals surface area contributed by atoms with Gasteiger partial charge in [0.15, 0.2) is 5.65 Å². The Hall–Kier alpha value is -1.63. The zero-order valence-corrected chi connectivity index (χ0v) is 14.0. The number of carbonyl (C=O) groups excluding carboxylic acids is 1. The maximum Gasteiger partial charge on any atom is 0.233 e. The van der Waals surface area contributed by atoms with Gasteiger partial charge in [-0.05, 0) is 18.3 Å². The molecule has 3 rings (SSSR count). The number of carbonyl (C=O) groups is 1. The summed E-state index contributed by atoms with van der Waals surface area (Å²) in [6, 6.07) is 0. The van der Waals surface area contributed by atoms with E-state index in [-0.39, 0.29) is 5.91 Å². The number of aromatic nitrogens is 4. The summed E-state index contributed by atoms with van der Waals surface area (Å²) in [6.07, 6.45) is 4.49. The van der Waals surface area contributed by atoms with Gasteiger partial charge in [-0.3, -0.25) is 9.48 Å². The molecule has 6 nitrogen and oxygen atoms in total. The van der Waals surface area contributed by atoms with Crippen molar-refractivity contribution in [3.8, 4) is 0 Å². The zero-order chi connectivity index (χ0) is 15.7. The second-order valence-electron chi connectivity index (χ2n) is 6.22. The first-order chi connectivity index (χ1) is 10.5. The molecule has 2 unspecified atom stereocenters. The molecule has 3 heterocycles. The minimum atomic E-state index is 0.194. The molecule has 118 valence electrons. The predicted molar refractivity (Wildman–Crippen MR) is 86.6 cm³/mol. The highest BCUT2D eigenvalue weighted by Crippen LogP contribution is 2.26. The van der Waals surface area contributed by atoms with Gasteiger partial charge in [0.05, 0.1) is 17.3 Å². The Bertz CT molecular complexity index is 676. The lowest BCUT2D eigenvalue weighted by Gasteiger charge is -2.35. The topological polar surface area (TPSA) is 63.9 Å². The maximum atomic E-state index is 12.4. The first-order valence-corrected chi connectivity index (χ1v) is 8.56. The van der Waals surface area contributed by atoms with Gasteiger partial charge in [-0.15, -0.1) is 0 Å². The second kappa shape index (κ2) is 6.24. The van der Waals surface area contributed by atoms with Crippen LogP contribution in [0.3, 0.4) is 0 Å². The number of piperidine rings is 1. The molecule has 1 fully saturated rings. The molecule has 2 aromatic rings. The molecule has 7 heteroatoms. The van der Waals surface area contributed by atoms with Gasteiger partial charge < -0.3 is 4.90 Å². The van der Waals surface area contributed by atoms with E-state index in [1.54, 1.807) is 10.9 Å². The van der Waals surface area contributed by atoms with Crippen LogP contribution in [0, 0.1) is 11.8 Å². The summed E-state index contributed by atoms with van der Waals surface area (Å²) < 4.78 is 1.72. The monoisotopic (exact) mass is 319 g/mol. The summed E-state index contributed by atoms with van der Waals surface area (Å²) in [6.45, 7) is 6.17. The summed E-state index contributed by atoms with van der Waals surface area (Å²) in [5, 5.41) is 5.93. The third-order valence-corrected chi connectivity index (χ3v) is 5.04. The largest absolute Gasteiger partial charge is 0.341 e. The van der Waals surface area contributed by atoms with E-state index in [2.05, 4.69) is 28.9 Å². The molecule has 1 saturated heterocycles. The number of amides is 1. The Kier molecular flexibility index (Phi) is 4.33. The smallest absolute Gasteiger partial charge is 0.233 e. The summed E-state index contributed by atoms with van der Waals surface area (Å²) in [5.41, 5.74) is 0.796. The van der Waals surface area contributed by atoms with E-state index in [0.29, 0.717) is 17.6 Å². The Morgan fingerprint density at radius 2 is 2.05 bits per heavy atom. The van der Waals surface area contributed by atoms with Crippen LogP contribution >= 0.6 is 11.8 Å². The normalized spacial score (nSPS) is 22.2. The van der Waals surface area contributed by atoms with Gasteiger partial charge in [0.25, 0.3) is 0 Å². The fourth-order valence-electron chi connectivity index (χ4n) is 3.14. The third kappa shape index (κ3) is 3.09. The Balaban J connectivity index is 1.67. The van der Waals surface area contributed by atoms with Crippen molar-refractivity contribution in [1.29, 1.82) is 0 Å². The van der Waals surface area contributed by atoms with E-state index in [0.717, 1.165) is 29.1 Å². The highest BCUT2D eigenvalue weighted by atomic mass is 32.2. The van der Waals surface area contributed by atoms with Crippen LogP contribution in [0.15, 0.2) is 17.6 Å². The molecule has 0 aromatic carbocycles. The molecular formula is C15H21N5OS. The zero-order valence-electron chi connectivity index (χ0n) is 13.2. The average Bonchev–Trinajstić information content (AvgIpc) is 2.86. The number of aryl methyl sites for hydroxylation is 1. The molecule has 0 N–H and O–H groups in total. The molecule has 0 saturated carbocycles. The van der Waals surface area contributed by atoms with E-state index >= 15 is 0 Å². The summed E-state index contributed by atoms with van der Waals surface area (Å²) in [7, 11) is 1.85. The fraction of sp³-hybridized carbons (Fsp3) is 0.600. The van der Waals surface area contributed by atoms with E-state index in [1.165, 1.54) is 24.5 Å². The molecular weight excluding hydrogens is 298 g/mol. The standard InChI is InChI=1S/C15H21N5OS/c1-10-4-11(2)7-20(6-10)13(21)8-22-15-12-5-18-19(3)14(12)16-9-17-15/h5,9-11H,4,6-8H2,1-3H3. The van der Waals surface area contributed by atoms with Gasteiger partial charge in [-0.1, -0.05) is 25.6 Å². The molecule has 2 aromatic heterocycles. The maximum absolute atomic E-state index is 12.4. The molecule has 22 heavy (non-hydrogen) atoms. The fourth-order valence-corrected chi connectivity index (χ4v) is 4.01. The molecule has 0 aliphatic carbocycles. The van der Waals surface area contributed by atoms with Gasteiger partial charge in [0, 0.05) is 20.1 Å². The van der Waals surface area contributed by atoms with Crippen molar-refractivity contribution < 1.29 is 4.79 Å². The van der Waals surface area contributed by atoms with Crippen LogP contribution in [0.2, 0.25) is 0 Å². The van der Waals surface area contributed by atoms with E-state index in [1.807, 2.05) is 11.9 Å². The number of thioether (sulfide) groups is 1. The van der Waals surface area contributed by atoms with Gasteiger partial charge in [-0.25, -0.2) is 9.97 Å². The van der Waals surface area contributed by atoms with E-state index in [4.69, 9.17) is 0 Å². The molecule has 1 amide bonds. The molecule has 1 aliphatic rings. The summed E-state index contributed by atoms with van der Waals surface area (Å²) >= 11 is 1.47. The van der Waals surface area contributed by atoms with Crippen LogP contribution in [0.25, 0.3) is 11.0 Å². The van der Waals surface area contributed by atoms with Crippen LogP contribution in [0.1, 0.15) is 20.3 Å². The van der Waals surface area contributed by atoms with E-state index in [9.17, 15) is 4.79 Å². The number of nitrogens with zero attached hydrogens (tertiary/aromatic N) is 5. The minimum Gasteiger partial charge on any atom is -0.341 e. The Morgan fingerprint density at radius 1 is 1.32 bits per heavy atom. The van der Waals surface area contributed by atoms with E-state index < -0.39 is 0 Å². The predicted octanol–water partition coefficient (Wildman–Crippen LogP) is 1.96. The number of hydrogen-bond donors (Lipinski definition) is 0. The second-order valence-corrected chi connectivity index (χ2v) is 7.18. The van der Waals surface area contributed by atoms with Crippen LogP contribution in [0.5, 0.6) is 0 Å². The molecule has 0 bridgehead atoms. The lowest BCUT2D eigenvalue weighted by molar-refractivity contribution is -0.130. The van der Waals surface area contributed by atoms with Gasteiger partial charge in [0.1, 0.15) is 11.4 Å². The van der Waals surface area contributed by atoms with Crippen molar-refractivity contribution in [3.05, 3.63) is 12.5 Å². The van der Waals surface area contributed by atoms with Crippen molar-refractivity contribution in [2.24, 2.45) is 18.9 Å². The Morgan fingerprint density at radius 3 is 2.77 bits per heavy atom. The highest BCUT2D eigenvalue weighted by Gasteiger charge is 2.25. The van der Waals surface area contributed by atoms with Crippen molar-refractivity contribution >= 4 is 28.7 Å². The van der Waals surface area contributed by atoms with Crippen molar-refractivity contribution in [2.45, 2.75) is 25.3 Å². The number of likely N-dealkylation sites (tertiary alicyclic amines) is 1. The van der Waals surface area contributed by atoms with Gasteiger partial charge in [-0.2, -0.15) is 5.10 Å². The van der Waals surface area contributed by atoms with Crippen LogP contribution in [-0.2, 0) is 11.8 Å². The lowest BCUT2D eigenvalue weighted by Crippen LogP contribution is -2.43.